The fourth-order valence-electron chi connectivity index (χ4n) is 1.72. The zero-order chi connectivity index (χ0) is 13.7. The van der Waals surface area contributed by atoms with Crippen LogP contribution < -0.4 is 4.74 Å². The molecule has 0 aromatic heterocycles. The summed E-state index contributed by atoms with van der Waals surface area (Å²) in [6, 6.07) is 13.9. The van der Waals surface area contributed by atoms with Gasteiger partial charge in [0.05, 0.1) is 10.8 Å². The molecule has 0 saturated carbocycles. The summed E-state index contributed by atoms with van der Waals surface area (Å²) in [5.74, 6) is 1.12. The summed E-state index contributed by atoms with van der Waals surface area (Å²) in [5.41, 5.74) is 1.73. The van der Waals surface area contributed by atoms with Gasteiger partial charge in [0.15, 0.2) is 0 Å². The third-order valence-corrected chi connectivity index (χ3v) is 2.72. The highest BCUT2D eigenvalue weighted by Crippen LogP contribution is 2.26. The van der Waals surface area contributed by atoms with Gasteiger partial charge < -0.3 is 4.74 Å². The Labute approximate surface area is 115 Å². The molecule has 0 bridgehead atoms. The summed E-state index contributed by atoms with van der Waals surface area (Å²) in [5, 5.41) is 10.8. The second-order valence-electron chi connectivity index (χ2n) is 3.87. The van der Waals surface area contributed by atoms with E-state index >= 15 is 0 Å². The van der Waals surface area contributed by atoms with Crippen LogP contribution in [0.15, 0.2) is 48.5 Å². The summed E-state index contributed by atoms with van der Waals surface area (Å²) >= 11 is 5.56. The molecule has 0 unspecified atom stereocenters. The molecule has 0 heterocycles. The number of non-ortho nitro benzene ring substituents is 1. The van der Waals surface area contributed by atoms with Crippen LogP contribution in [0.2, 0.25) is 0 Å². The second-order valence-corrected chi connectivity index (χ2v) is 4.25. The van der Waals surface area contributed by atoms with E-state index in [9.17, 15) is 10.1 Å². The zero-order valence-corrected chi connectivity index (χ0v) is 10.8. The van der Waals surface area contributed by atoms with Gasteiger partial charge in [-0.2, -0.15) is 0 Å². The minimum absolute atomic E-state index is 0.0737. The molecule has 0 radical (unpaired) electrons. The molecule has 98 valence electrons. The summed E-state index contributed by atoms with van der Waals surface area (Å²) < 4.78 is 5.43. The van der Waals surface area contributed by atoms with Crippen molar-refractivity contribution in [3.63, 3.8) is 0 Å². The van der Waals surface area contributed by atoms with E-state index in [1.165, 1.54) is 6.07 Å². The number of ether oxygens (including phenoxy) is 1. The van der Waals surface area contributed by atoms with E-state index in [0.717, 1.165) is 11.1 Å². The Morgan fingerprint density at radius 2 is 1.79 bits per heavy atom. The third kappa shape index (κ3) is 3.45. The summed E-state index contributed by atoms with van der Waals surface area (Å²) in [6.45, 7) is 0.431. The van der Waals surface area contributed by atoms with E-state index in [-0.39, 0.29) is 5.69 Å². The summed E-state index contributed by atoms with van der Waals surface area (Å²) in [4.78, 5) is 10.4. The lowest BCUT2D eigenvalue weighted by atomic mass is 10.1. The van der Waals surface area contributed by atoms with Gasteiger partial charge in [0, 0.05) is 12.1 Å². The van der Waals surface area contributed by atoms with Gasteiger partial charge in [-0.1, -0.05) is 24.3 Å². The van der Waals surface area contributed by atoms with Crippen molar-refractivity contribution in [3.8, 4) is 16.9 Å². The first-order valence-electron chi connectivity index (χ1n) is 5.74. The number of hydrogen-bond donors (Lipinski definition) is 0. The zero-order valence-electron chi connectivity index (χ0n) is 10.1. The Hall–Kier alpha value is -2.07. The van der Waals surface area contributed by atoms with Crippen molar-refractivity contribution in [1.29, 1.82) is 0 Å². The number of halogens is 1. The van der Waals surface area contributed by atoms with Gasteiger partial charge in [-0.05, 0) is 23.3 Å². The van der Waals surface area contributed by atoms with E-state index in [1.807, 2.05) is 30.3 Å². The summed E-state index contributed by atoms with van der Waals surface area (Å²) in [7, 11) is 0. The maximum atomic E-state index is 10.8. The Balaban J connectivity index is 2.30. The summed E-state index contributed by atoms with van der Waals surface area (Å²) in [6.07, 6.45) is 0. The van der Waals surface area contributed by atoms with Crippen molar-refractivity contribution in [3.05, 3.63) is 58.6 Å². The minimum Gasteiger partial charge on any atom is -0.492 e. The molecule has 5 heteroatoms. The highest BCUT2D eigenvalue weighted by Gasteiger charge is 2.07. The predicted molar refractivity (Wildman–Crippen MR) is 74.7 cm³/mol. The first-order chi connectivity index (χ1) is 9.20. The Bertz CT molecular complexity index is 586. The highest BCUT2D eigenvalue weighted by atomic mass is 35.5. The van der Waals surface area contributed by atoms with Crippen LogP contribution in [0.3, 0.4) is 0 Å². The molecule has 0 aliphatic carbocycles. The van der Waals surface area contributed by atoms with E-state index < -0.39 is 4.92 Å². The van der Waals surface area contributed by atoms with Crippen molar-refractivity contribution in [2.75, 3.05) is 12.5 Å². The van der Waals surface area contributed by atoms with Gasteiger partial charge in [-0.15, -0.1) is 11.6 Å². The van der Waals surface area contributed by atoms with E-state index in [2.05, 4.69) is 0 Å². The molecule has 0 fully saturated rings. The fourth-order valence-corrected chi connectivity index (χ4v) is 1.80. The molecule has 0 atom stereocenters. The van der Waals surface area contributed by atoms with Crippen molar-refractivity contribution in [2.45, 2.75) is 0 Å². The SMILES string of the molecule is O=[N+]([O-])c1cccc(-c2cccc(OCCCl)c2)c1. The Morgan fingerprint density at radius 3 is 2.47 bits per heavy atom. The fraction of sp³-hybridized carbons (Fsp3) is 0.143. The number of benzene rings is 2. The quantitative estimate of drug-likeness (QED) is 0.473. The Kier molecular flexibility index (Phi) is 4.36. The van der Waals surface area contributed by atoms with Gasteiger partial charge >= 0.3 is 0 Å². The van der Waals surface area contributed by atoms with Crippen LogP contribution in [0.1, 0.15) is 0 Å². The van der Waals surface area contributed by atoms with Crippen LogP contribution in [0.4, 0.5) is 5.69 Å². The lowest BCUT2D eigenvalue weighted by Gasteiger charge is -2.06. The molecule has 0 N–H and O–H groups in total. The van der Waals surface area contributed by atoms with E-state index in [0.29, 0.717) is 18.2 Å². The topological polar surface area (TPSA) is 52.4 Å². The van der Waals surface area contributed by atoms with Crippen LogP contribution in [-0.4, -0.2) is 17.4 Å². The van der Waals surface area contributed by atoms with Crippen LogP contribution in [0.25, 0.3) is 11.1 Å². The molecule has 0 saturated heterocycles. The number of nitro benzene ring substituents is 1. The Morgan fingerprint density at radius 1 is 1.11 bits per heavy atom. The highest BCUT2D eigenvalue weighted by molar-refractivity contribution is 6.18. The lowest BCUT2D eigenvalue weighted by Crippen LogP contribution is -1.97. The molecule has 2 aromatic carbocycles. The van der Waals surface area contributed by atoms with E-state index in [1.54, 1.807) is 12.1 Å². The molecule has 0 aliphatic heterocycles. The maximum absolute atomic E-state index is 10.8. The molecule has 2 aromatic rings. The average Bonchev–Trinajstić information content (AvgIpc) is 2.45. The van der Waals surface area contributed by atoms with Crippen LogP contribution >= 0.6 is 11.6 Å². The van der Waals surface area contributed by atoms with Crippen molar-refractivity contribution >= 4 is 17.3 Å². The molecule has 2 rings (SSSR count). The molecule has 4 nitrogen and oxygen atoms in total. The number of nitrogens with zero attached hydrogens (tertiary/aromatic N) is 1. The van der Waals surface area contributed by atoms with Crippen LogP contribution in [0.5, 0.6) is 5.75 Å². The first-order valence-corrected chi connectivity index (χ1v) is 6.28. The maximum Gasteiger partial charge on any atom is 0.270 e. The number of rotatable bonds is 5. The average molecular weight is 278 g/mol. The smallest absolute Gasteiger partial charge is 0.270 e. The third-order valence-electron chi connectivity index (χ3n) is 2.57. The van der Waals surface area contributed by atoms with Crippen LogP contribution in [-0.2, 0) is 0 Å². The number of hydrogen-bond acceptors (Lipinski definition) is 3. The van der Waals surface area contributed by atoms with Crippen molar-refractivity contribution in [1.82, 2.24) is 0 Å². The molecular formula is C14H12ClNO3. The van der Waals surface area contributed by atoms with Gasteiger partial charge in [-0.25, -0.2) is 0 Å². The molecular weight excluding hydrogens is 266 g/mol. The van der Waals surface area contributed by atoms with Crippen molar-refractivity contribution in [2.24, 2.45) is 0 Å². The van der Waals surface area contributed by atoms with Gasteiger partial charge in [0.2, 0.25) is 0 Å². The lowest BCUT2D eigenvalue weighted by molar-refractivity contribution is -0.384. The minimum atomic E-state index is -0.405. The largest absolute Gasteiger partial charge is 0.492 e. The molecule has 0 spiro atoms. The number of alkyl halides is 1. The second kappa shape index (κ2) is 6.20. The van der Waals surface area contributed by atoms with Gasteiger partial charge in [0.1, 0.15) is 12.4 Å². The monoisotopic (exact) mass is 277 g/mol. The van der Waals surface area contributed by atoms with Gasteiger partial charge in [-0.3, -0.25) is 10.1 Å². The predicted octanol–water partition coefficient (Wildman–Crippen LogP) is 3.88. The van der Waals surface area contributed by atoms with Gasteiger partial charge in [0.25, 0.3) is 5.69 Å². The van der Waals surface area contributed by atoms with E-state index in [4.69, 9.17) is 16.3 Å². The molecule has 0 aliphatic rings. The standard InChI is InChI=1S/C14H12ClNO3/c15-7-8-19-14-6-2-4-12(10-14)11-3-1-5-13(9-11)16(17)18/h1-6,9-10H,7-8H2. The molecule has 19 heavy (non-hydrogen) atoms. The van der Waals surface area contributed by atoms with Crippen LogP contribution in [0, 0.1) is 10.1 Å². The van der Waals surface area contributed by atoms with Crippen molar-refractivity contribution < 1.29 is 9.66 Å². The molecule has 0 amide bonds. The number of nitro groups is 1. The first kappa shape index (κ1) is 13.4. The normalized spacial score (nSPS) is 10.2.